The zero-order valence-electron chi connectivity index (χ0n) is 17.4. The molecule has 1 aliphatic heterocycles. The van der Waals surface area contributed by atoms with Crippen LogP contribution in [0.4, 0.5) is 17.2 Å². The van der Waals surface area contributed by atoms with E-state index >= 15 is 0 Å². The average molecular weight is 458 g/mol. The lowest BCUT2D eigenvalue weighted by atomic mass is 10.1. The molecule has 31 heavy (non-hydrogen) atoms. The van der Waals surface area contributed by atoms with E-state index in [0.29, 0.717) is 32.8 Å². The van der Waals surface area contributed by atoms with Crippen LogP contribution < -0.4 is 15.5 Å². The number of aliphatic hydroxyl groups is 1. The van der Waals surface area contributed by atoms with Gasteiger partial charge in [-0.05, 0) is 31.5 Å². The fraction of sp³-hybridized carbons (Fsp3) is 0.304. The second-order valence-corrected chi connectivity index (χ2v) is 8.36. The minimum atomic E-state index is -0.209. The van der Waals surface area contributed by atoms with Gasteiger partial charge in [0.2, 0.25) is 0 Å². The van der Waals surface area contributed by atoms with E-state index in [9.17, 15) is 5.11 Å². The number of benzene rings is 2. The van der Waals surface area contributed by atoms with Crippen LogP contribution in [-0.2, 0) is 6.61 Å². The normalized spacial score (nSPS) is 14.6. The van der Waals surface area contributed by atoms with Crippen molar-refractivity contribution in [3.8, 4) is 11.3 Å². The predicted octanol–water partition coefficient (Wildman–Crippen LogP) is 4.55. The lowest BCUT2D eigenvalue weighted by molar-refractivity contribution is 0.276. The molecule has 0 spiro atoms. The molecule has 3 aromatic rings. The molecule has 0 radical (unpaired) electrons. The second kappa shape index (κ2) is 9.30. The first-order valence-corrected chi connectivity index (χ1v) is 11.0. The highest BCUT2D eigenvalue weighted by Gasteiger charge is 2.22. The third-order valence-corrected chi connectivity index (χ3v) is 6.37. The van der Waals surface area contributed by atoms with Crippen LogP contribution in [0.3, 0.4) is 0 Å². The van der Waals surface area contributed by atoms with Gasteiger partial charge >= 0.3 is 0 Å². The Balaban J connectivity index is 1.63. The summed E-state index contributed by atoms with van der Waals surface area (Å²) in [7, 11) is 0. The summed E-state index contributed by atoms with van der Waals surface area (Å²) in [5.41, 5.74) is 10.6. The number of halogens is 2. The molecule has 1 aliphatic rings. The highest BCUT2D eigenvalue weighted by atomic mass is 35.5. The SMILES string of the molecule is Cc1nc(N2CCCN(c3ccccc3N)CC2)c(CO)nc1-c1cccc(Cl)c1Cl. The van der Waals surface area contributed by atoms with Gasteiger partial charge in [0.25, 0.3) is 0 Å². The zero-order valence-corrected chi connectivity index (χ0v) is 18.9. The predicted molar refractivity (Wildman–Crippen MR) is 128 cm³/mol. The highest BCUT2D eigenvalue weighted by molar-refractivity contribution is 6.43. The molecular formula is C23H25Cl2N5O. The molecule has 0 saturated carbocycles. The van der Waals surface area contributed by atoms with Gasteiger partial charge in [-0.1, -0.05) is 47.5 Å². The average Bonchev–Trinajstić information content (AvgIpc) is 3.02. The van der Waals surface area contributed by atoms with Crippen LogP contribution in [0.25, 0.3) is 11.3 Å². The van der Waals surface area contributed by atoms with Crippen LogP contribution in [0.15, 0.2) is 42.5 Å². The van der Waals surface area contributed by atoms with Crippen molar-refractivity contribution in [1.82, 2.24) is 9.97 Å². The largest absolute Gasteiger partial charge is 0.397 e. The molecule has 0 bridgehead atoms. The smallest absolute Gasteiger partial charge is 0.153 e. The van der Waals surface area contributed by atoms with Crippen molar-refractivity contribution in [2.24, 2.45) is 0 Å². The van der Waals surface area contributed by atoms with Gasteiger partial charge < -0.3 is 20.6 Å². The van der Waals surface area contributed by atoms with Crippen molar-refractivity contribution in [1.29, 1.82) is 0 Å². The number of hydrogen-bond donors (Lipinski definition) is 2. The van der Waals surface area contributed by atoms with Gasteiger partial charge in [-0.15, -0.1) is 0 Å². The molecule has 2 aromatic carbocycles. The molecule has 0 amide bonds. The molecule has 1 saturated heterocycles. The summed E-state index contributed by atoms with van der Waals surface area (Å²) >= 11 is 12.6. The number of aromatic nitrogens is 2. The van der Waals surface area contributed by atoms with Crippen molar-refractivity contribution in [2.45, 2.75) is 20.0 Å². The maximum atomic E-state index is 10.1. The Kier molecular flexibility index (Phi) is 6.51. The van der Waals surface area contributed by atoms with Gasteiger partial charge in [-0.3, -0.25) is 0 Å². The number of anilines is 3. The van der Waals surface area contributed by atoms with Crippen molar-refractivity contribution < 1.29 is 5.11 Å². The number of nitrogens with zero attached hydrogens (tertiary/aromatic N) is 4. The number of aryl methyl sites for hydroxylation is 1. The standard InChI is InChI=1S/C23H25Cl2N5O/c1-15-22(16-6-4-7-17(24)21(16)25)28-19(14-31)23(27-15)30-11-5-10-29(12-13-30)20-9-3-2-8-18(20)26/h2-4,6-9,31H,5,10-14,26H2,1H3. The van der Waals surface area contributed by atoms with E-state index in [-0.39, 0.29) is 6.61 Å². The van der Waals surface area contributed by atoms with Gasteiger partial charge in [-0.2, -0.15) is 0 Å². The second-order valence-electron chi connectivity index (χ2n) is 7.57. The monoisotopic (exact) mass is 457 g/mol. The Morgan fingerprint density at radius 3 is 2.48 bits per heavy atom. The number of nitrogens with two attached hydrogens (primary N) is 1. The van der Waals surface area contributed by atoms with Gasteiger partial charge in [0.1, 0.15) is 5.69 Å². The lowest BCUT2D eigenvalue weighted by Gasteiger charge is -2.26. The Morgan fingerprint density at radius 1 is 0.968 bits per heavy atom. The molecule has 3 N–H and O–H groups in total. The molecule has 8 heteroatoms. The third-order valence-electron chi connectivity index (χ3n) is 5.55. The Morgan fingerprint density at radius 2 is 1.71 bits per heavy atom. The Bertz CT molecular complexity index is 1090. The summed E-state index contributed by atoms with van der Waals surface area (Å²) in [4.78, 5) is 14.0. The Hall–Kier alpha value is -2.54. The fourth-order valence-electron chi connectivity index (χ4n) is 3.99. The lowest BCUT2D eigenvalue weighted by Crippen LogP contribution is -2.32. The zero-order chi connectivity index (χ0) is 22.0. The van der Waals surface area contributed by atoms with E-state index in [4.69, 9.17) is 38.9 Å². The van der Waals surface area contributed by atoms with Crippen molar-refractivity contribution in [3.05, 3.63) is 63.9 Å². The summed E-state index contributed by atoms with van der Waals surface area (Å²) in [5, 5.41) is 11.0. The van der Waals surface area contributed by atoms with Crippen LogP contribution in [0.2, 0.25) is 10.0 Å². The topological polar surface area (TPSA) is 78.5 Å². The van der Waals surface area contributed by atoms with Crippen LogP contribution in [0.1, 0.15) is 17.8 Å². The summed E-state index contributed by atoms with van der Waals surface area (Å²) in [6, 6.07) is 13.4. The van der Waals surface area contributed by atoms with Crippen molar-refractivity contribution in [2.75, 3.05) is 41.7 Å². The molecule has 1 fully saturated rings. The maximum Gasteiger partial charge on any atom is 0.153 e. The molecule has 0 atom stereocenters. The van der Waals surface area contributed by atoms with E-state index in [0.717, 1.165) is 49.7 Å². The van der Waals surface area contributed by atoms with Crippen LogP contribution in [0, 0.1) is 6.92 Å². The van der Waals surface area contributed by atoms with E-state index in [2.05, 4.69) is 15.9 Å². The first-order valence-electron chi connectivity index (χ1n) is 10.3. The van der Waals surface area contributed by atoms with Crippen molar-refractivity contribution in [3.63, 3.8) is 0 Å². The molecule has 2 heterocycles. The fourth-order valence-corrected chi connectivity index (χ4v) is 4.38. The summed E-state index contributed by atoms with van der Waals surface area (Å²) in [6.07, 6.45) is 0.946. The van der Waals surface area contributed by atoms with Crippen LogP contribution in [0.5, 0.6) is 0 Å². The highest BCUT2D eigenvalue weighted by Crippen LogP contribution is 2.35. The molecule has 6 nitrogen and oxygen atoms in total. The third kappa shape index (κ3) is 4.42. The molecular weight excluding hydrogens is 433 g/mol. The van der Waals surface area contributed by atoms with E-state index in [1.165, 1.54) is 0 Å². The molecule has 1 aromatic heterocycles. The minimum absolute atomic E-state index is 0.209. The van der Waals surface area contributed by atoms with Gasteiger partial charge in [-0.25, -0.2) is 9.97 Å². The maximum absolute atomic E-state index is 10.1. The quantitative estimate of drug-likeness (QED) is 0.559. The summed E-state index contributed by atoms with van der Waals surface area (Å²) < 4.78 is 0. The molecule has 0 aliphatic carbocycles. The van der Waals surface area contributed by atoms with Crippen LogP contribution in [-0.4, -0.2) is 41.3 Å². The number of nitrogen functional groups attached to an aromatic ring is 1. The molecule has 4 rings (SSSR count). The van der Waals surface area contributed by atoms with Gasteiger partial charge in [0.05, 0.1) is 39.4 Å². The molecule has 162 valence electrons. The van der Waals surface area contributed by atoms with E-state index in [1.807, 2.05) is 37.3 Å². The first-order chi connectivity index (χ1) is 15.0. The van der Waals surface area contributed by atoms with Gasteiger partial charge in [0.15, 0.2) is 5.82 Å². The molecule has 0 unspecified atom stereocenters. The first kappa shape index (κ1) is 21.7. The number of rotatable bonds is 4. The number of para-hydroxylation sites is 2. The van der Waals surface area contributed by atoms with Crippen LogP contribution >= 0.6 is 23.2 Å². The Labute approximate surface area is 192 Å². The minimum Gasteiger partial charge on any atom is -0.397 e. The summed E-state index contributed by atoms with van der Waals surface area (Å²) in [5.74, 6) is 0.713. The number of aliphatic hydroxyl groups excluding tert-OH is 1. The summed E-state index contributed by atoms with van der Waals surface area (Å²) in [6.45, 7) is 4.98. The van der Waals surface area contributed by atoms with Crippen molar-refractivity contribution >= 4 is 40.4 Å². The number of hydrogen-bond acceptors (Lipinski definition) is 6. The van der Waals surface area contributed by atoms with E-state index < -0.39 is 0 Å². The van der Waals surface area contributed by atoms with E-state index in [1.54, 1.807) is 6.07 Å². The van der Waals surface area contributed by atoms with Gasteiger partial charge in [0, 0.05) is 31.7 Å².